The van der Waals surface area contributed by atoms with Crippen molar-refractivity contribution < 1.29 is 14.3 Å². The molecule has 1 heterocycles. The minimum absolute atomic E-state index is 0.379. The van der Waals surface area contributed by atoms with Crippen LogP contribution in [0.25, 0.3) is 0 Å². The van der Waals surface area contributed by atoms with Crippen LogP contribution in [-0.4, -0.2) is 30.0 Å². The molecule has 27 heavy (non-hydrogen) atoms. The Bertz CT molecular complexity index is 844. The van der Waals surface area contributed by atoms with Gasteiger partial charge in [-0.25, -0.2) is 4.79 Å². The van der Waals surface area contributed by atoms with Crippen LogP contribution in [0.3, 0.4) is 0 Å². The van der Waals surface area contributed by atoms with Crippen molar-refractivity contribution >= 4 is 11.9 Å². The molecule has 0 spiro atoms. The minimum atomic E-state index is -0.882. The highest BCUT2D eigenvalue weighted by molar-refractivity contribution is 5.96. The summed E-state index contributed by atoms with van der Waals surface area (Å²) in [6.45, 7) is 0. The molecule has 0 fully saturated rings. The predicted molar refractivity (Wildman–Crippen MR) is 102 cm³/mol. The van der Waals surface area contributed by atoms with Crippen LogP contribution < -0.4 is 5.32 Å². The minimum Gasteiger partial charge on any atom is -0.467 e. The van der Waals surface area contributed by atoms with Crippen LogP contribution in [0, 0.1) is 0 Å². The Hall–Kier alpha value is -3.47. The van der Waals surface area contributed by atoms with Crippen molar-refractivity contribution in [2.75, 3.05) is 7.11 Å². The maximum absolute atomic E-state index is 12.7. The molecule has 3 aromatic rings. The zero-order chi connectivity index (χ0) is 19.1. The summed E-state index contributed by atoms with van der Waals surface area (Å²) < 4.78 is 5.00. The molecule has 0 aliphatic carbocycles. The third-order valence-electron chi connectivity index (χ3n) is 4.32. The zero-order valence-corrected chi connectivity index (χ0v) is 14.9. The first-order valence-corrected chi connectivity index (χ1v) is 8.59. The smallest absolute Gasteiger partial charge is 0.329 e. The molecule has 3 rings (SSSR count). The highest BCUT2D eigenvalue weighted by Gasteiger charge is 2.33. The summed E-state index contributed by atoms with van der Waals surface area (Å²) in [5, 5.41) is 2.83. The van der Waals surface area contributed by atoms with E-state index in [-0.39, 0.29) is 11.8 Å². The molecule has 1 N–H and O–H groups in total. The highest BCUT2D eigenvalue weighted by atomic mass is 16.5. The van der Waals surface area contributed by atoms with Crippen molar-refractivity contribution in [1.82, 2.24) is 10.3 Å². The maximum atomic E-state index is 12.7. The number of carbonyl (C=O) groups is 2. The number of nitrogens with zero attached hydrogens (tertiary/aromatic N) is 1. The fraction of sp³-hybridized carbons (Fsp3) is 0.136. The Morgan fingerprint density at radius 1 is 0.889 bits per heavy atom. The normalized spacial score (nSPS) is 11.6. The Labute approximate surface area is 158 Å². The summed E-state index contributed by atoms with van der Waals surface area (Å²) in [6.07, 6.45) is 3.05. The van der Waals surface area contributed by atoms with E-state index in [0.717, 1.165) is 11.1 Å². The molecule has 1 amide bonds. The van der Waals surface area contributed by atoms with Crippen LogP contribution in [0.1, 0.15) is 27.4 Å². The number of hydrogen-bond acceptors (Lipinski definition) is 4. The van der Waals surface area contributed by atoms with Crippen molar-refractivity contribution in [2.24, 2.45) is 0 Å². The fourth-order valence-electron chi connectivity index (χ4n) is 3.03. The van der Waals surface area contributed by atoms with Gasteiger partial charge in [-0.1, -0.05) is 60.7 Å². The molecule has 0 aliphatic heterocycles. The van der Waals surface area contributed by atoms with Crippen LogP contribution in [-0.2, 0) is 9.53 Å². The van der Waals surface area contributed by atoms with Crippen LogP contribution in [0.15, 0.2) is 85.2 Å². The number of pyridine rings is 1. The van der Waals surface area contributed by atoms with Gasteiger partial charge < -0.3 is 10.1 Å². The lowest BCUT2D eigenvalue weighted by molar-refractivity contribution is -0.143. The van der Waals surface area contributed by atoms with Gasteiger partial charge in [0.2, 0.25) is 0 Å². The average molecular weight is 360 g/mol. The number of amides is 1. The van der Waals surface area contributed by atoms with Crippen molar-refractivity contribution in [3.05, 3.63) is 102 Å². The lowest BCUT2D eigenvalue weighted by atomic mass is 9.85. The standard InChI is InChI=1S/C22H20N2O3/c1-27-22(26)20(24-21(25)18-13-8-14-23-15-18)19(16-9-4-2-5-10-16)17-11-6-3-7-12-17/h2-15,19-20H,1H3,(H,24,25)/t20-/m0/s1. The van der Waals surface area contributed by atoms with Crippen molar-refractivity contribution in [3.63, 3.8) is 0 Å². The Morgan fingerprint density at radius 2 is 1.48 bits per heavy atom. The molecule has 0 bridgehead atoms. The first-order chi connectivity index (χ1) is 13.2. The molecular formula is C22H20N2O3. The summed E-state index contributed by atoms with van der Waals surface area (Å²) >= 11 is 0. The second kappa shape index (κ2) is 8.76. The van der Waals surface area contributed by atoms with Crippen molar-refractivity contribution in [3.8, 4) is 0 Å². The van der Waals surface area contributed by atoms with Gasteiger partial charge in [0.1, 0.15) is 6.04 Å². The molecule has 1 atom stereocenters. The second-order valence-corrected chi connectivity index (χ2v) is 6.02. The molecule has 5 nitrogen and oxygen atoms in total. The largest absolute Gasteiger partial charge is 0.467 e. The molecular weight excluding hydrogens is 340 g/mol. The second-order valence-electron chi connectivity index (χ2n) is 6.02. The maximum Gasteiger partial charge on any atom is 0.329 e. The zero-order valence-electron chi connectivity index (χ0n) is 14.9. The Morgan fingerprint density at radius 3 is 1.96 bits per heavy atom. The van der Waals surface area contributed by atoms with Crippen molar-refractivity contribution in [1.29, 1.82) is 0 Å². The number of carbonyl (C=O) groups excluding carboxylic acids is 2. The van der Waals surface area contributed by atoms with E-state index in [9.17, 15) is 9.59 Å². The molecule has 0 radical (unpaired) electrons. The number of aromatic nitrogens is 1. The third-order valence-corrected chi connectivity index (χ3v) is 4.32. The van der Waals surface area contributed by atoms with Gasteiger partial charge in [-0.3, -0.25) is 9.78 Å². The SMILES string of the molecule is COC(=O)[C@@H](NC(=O)c1cccnc1)C(c1ccccc1)c1ccccc1. The first-order valence-electron chi connectivity index (χ1n) is 8.59. The molecule has 1 aromatic heterocycles. The van der Waals surface area contributed by atoms with Gasteiger partial charge in [0.25, 0.3) is 5.91 Å². The number of esters is 1. The van der Waals surface area contributed by atoms with Crippen LogP contribution >= 0.6 is 0 Å². The van der Waals surface area contributed by atoms with Gasteiger partial charge in [0.05, 0.1) is 12.7 Å². The lowest BCUT2D eigenvalue weighted by Gasteiger charge is -2.27. The number of methoxy groups -OCH3 is 1. The van der Waals surface area contributed by atoms with Gasteiger partial charge in [0, 0.05) is 18.3 Å². The lowest BCUT2D eigenvalue weighted by Crippen LogP contribution is -2.46. The molecule has 5 heteroatoms. The molecule has 0 saturated carbocycles. The fourth-order valence-corrected chi connectivity index (χ4v) is 3.03. The number of hydrogen-bond donors (Lipinski definition) is 1. The summed E-state index contributed by atoms with van der Waals surface area (Å²) in [7, 11) is 1.32. The van der Waals surface area contributed by atoms with Crippen molar-refractivity contribution in [2.45, 2.75) is 12.0 Å². The van der Waals surface area contributed by atoms with E-state index < -0.39 is 12.0 Å². The third kappa shape index (κ3) is 4.39. The molecule has 0 saturated heterocycles. The highest BCUT2D eigenvalue weighted by Crippen LogP contribution is 2.29. The summed E-state index contributed by atoms with van der Waals surface area (Å²) in [6, 6.07) is 21.6. The van der Waals surface area contributed by atoms with Gasteiger partial charge in [-0.15, -0.1) is 0 Å². The van der Waals surface area contributed by atoms with E-state index in [4.69, 9.17) is 4.74 Å². The molecule has 0 unspecified atom stereocenters. The van der Waals surface area contributed by atoms with Gasteiger partial charge in [-0.05, 0) is 23.3 Å². The average Bonchev–Trinajstić information content (AvgIpc) is 2.74. The van der Waals surface area contributed by atoms with Crippen LogP contribution in [0.5, 0.6) is 0 Å². The quantitative estimate of drug-likeness (QED) is 0.686. The number of rotatable bonds is 6. The number of benzene rings is 2. The van der Waals surface area contributed by atoms with Gasteiger partial charge in [-0.2, -0.15) is 0 Å². The number of nitrogens with one attached hydrogen (secondary N) is 1. The van der Waals surface area contributed by atoms with E-state index in [0.29, 0.717) is 5.56 Å². The van der Waals surface area contributed by atoms with Crippen LogP contribution in [0.2, 0.25) is 0 Å². The number of ether oxygens (including phenoxy) is 1. The van der Waals surface area contributed by atoms with E-state index in [1.807, 2.05) is 60.7 Å². The summed E-state index contributed by atoms with van der Waals surface area (Å²) in [5.74, 6) is -1.28. The Kier molecular flexibility index (Phi) is 5.94. The monoisotopic (exact) mass is 360 g/mol. The Balaban J connectivity index is 2.01. The molecule has 0 aliphatic rings. The molecule has 2 aromatic carbocycles. The van der Waals surface area contributed by atoms with E-state index in [1.165, 1.54) is 13.3 Å². The molecule has 136 valence electrons. The van der Waals surface area contributed by atoms with Gasteiger partial charge >= 0.3 is 5.97 Å². The van der Waals surface area contributed by atoms with E-state index in [2.05, 4.69) is 10.3 Å². The topological polar surface area (TPSA) is 68.3 Å². The van der Waals surface area contributed by atoms with E-state index >= 15 is 0 Å². The first kappa shape index (κ1) is 18.3. The van der Waals surface area contributed by atoms with E-state index in [1.54, 1.807) is 18.3 Å². The van der Waals surface area contributed by atoms with Gasteiger partial charge in [0.15, 0.2) is 0 Å². The van der Waals surface area contributed by atoms with Crippen LogP contribution in [0.4, 0.5) is 0 Å². The summed E-state index contributed by atoms with van der Waals surface area (Å²) in [5.41, 5.74) is 2.20. The predicted octanol–water partition coefficient (Wildman–Crippen LogP) is 3.19. The summed E-state index contributed by atoms with van der Waals surface area (Å²) in [4.78, 5) is 29.3.